The van der Waals surface area contributed by atoms with Gasteiger partial charge < -0.3 is 174 Å². The number of rotatable bonds is 26. The average Bonchev–Trinajstić information content (AvgIpc) is 1.76. The zero-order chi connectivity index (χ0) is 74.7. The van der Waals surface area contributed by atoms with Crippen LogP contribution in [0, 0.1) is 23.7 Å². The maximum Gasteiger partial charge on any atom is 0.407 e. The zero-order valence-corrected chi connectivity index (χ0v) is 56.3. The van der Waals surface area contributed by atoms with E-state index in [0.717, 1.165) is 22.3 Å². The number of hydrogen-bond donors (Lipinski definition) is 21. The maximum atomic E-state index is 13.5. The Labute approximate surface area is 588 Å². The summed E-state index contributed by atoms with van der Waals surface area (Å²) in [5.41, 5.74) is 3.71. The summed E-state index contributed by atoms with van der Waals surface area (Å²) in [5, 5.41) is 214. The van der Waals surface area contributed by atoms with Crippen LogP contribution in [-0.4, -0.2) is 364 Å². The van der Waals surface area contributed by atoms with E-state index in [1.165, 1.54) is 27.7 Å². The molecule has 0 saturated carbocycles. The number of aliphatic hydroxyl groups excluding tert-OH is 18. The Kier molecular flexibility index (Phi) is 27.7. The van der Waals surface area contributed by atoms with E-state index in [2.05, 4.69) is 10.6 Å². The summed E-state index contributed by atoms with van der Waals surface area (Å²) < 4.78 is 83.8. The molecule has 8 aliphatic rings. The number of carbonyl (C=O) groups is 3. The van der Waals surface area contributed by atoms with Crippen molar-refractivity contribution in [2.24, 2.45) is 23.7 Å². The van der Waals surface area contributed by atoms with Gasteiger partial charge in [0.05, 0.1) is 77.1 Å². The van der Waals surface area contributed by atoms with Crippen LogP contribution in [0.2, 0.25) is 0 Å². The minimum atomic E-state index is -2.30. The van der Waals surface area contributed by atoms with E-state index >= 15 is 0 Å². The molecule has 0 radical (unpaired) electrons. The van der Waals surface area contributed by atoms with Gasteiger partial charge in [-0.25, -0.2) is 9.59 Å². The van der Waals surface area contributed by atoms with E-state index in [-0.39, 0.29) is 12.5 Å². The van der Waals surface area contributed by atoms with Gasteiger partial charge in [-0.05, 0) is 22.3 Å². The highest BCUT2D eigenvalue weighted by Crippen LogP contribution is 2.45. The Morgan fingerprint density at radius 1 is 0.398 bits per heavy atom. The summed E-state index contributed by atoms with van der Waals surface area (Å²) in [6.07, 6.45) is -57.2. The molecule has 7 saturated heterocycles. The summed E-state index contributed by atoms with van der Waals surface area (Å²) in [5.74, 6) is -7.55. The Morgan fingerprint density at radius 2 is 0.786 bits per heavy atom. The molecule has 1 aliphatic carbocycles. The third kappa shape index (κ3) is 17.1. The van der Waals surface area contributed by atoms with Gasteiger partial charge in [0.15, 0.2) is 37.7 Å². The molecule has 17 unspecified atom stereocenters. The minimum Gasteiger partial charge on any atom is -0.480 e. The number of carbonyl (C=O) groups excluding carboxylic acids is 2. The lowest BCUT2D eigenvalue weighted by molar-refractivity contribution is -0.398. The van der Waals surface area contributed by atoms with Crippen molar-refractivity contribution in [2.75, 3.05) is 52.9 Å². The van der Waals surface area contributed by atoms with Crippen LogP contribution in [-0.2, 0) is 75.9 Å². The fraction of sp³-hybridized carbons (Fsp3) is 0.769. The third-order valence-corrected chi connectivity index (χ3v) is 20.6. The number of aliphatic hydroxyl groups is 18. The van der Waals surface area contributed by atoms with Crippen LogP contribution in [0.3, 0.4) is 0 Å². The van der Waals surface area contributed by atoms with Crippen molar-refractivity contribution >= 4 is 18.0 Å². The van der Waals surface area contributed by atoms with Crippen LogP contribution < -0.4 is 10.6 Å². The Morgan fingerprint density at radius 3 is 1.28 bits per heavy atom. The summed E-state index contributed by atoms with van der Waals surface area (Å²) >= 11 is 0. The second-order valence-corrected chi connectivity index (χ2v) is 27.2. The van der Waals surface area contributed by atoms with Gasteiger partial charge in [-0.15, -0.1) is 0 Å². The number of amides is 2. The minimum absolute atomic E-state index is 0.158. The first-order chi connectivity index (χ1) is 49.1. The largest absolute Gasteiger partial charge is 0.480 e. The van der Waals surface area contributed by atoms with E-state index in [1.807, 2.05) is 48.5 Å². The summed E-state index contributed by atoms with van der Waals surface area (Å²) in [6.45, 7) is -1.07. The molecule has 0 aromatic heterocycles. The predicted molar refractivity (Wildman–Crippen MR) is 335 cm³/mol. The van der Waals surface area contributed by atoms with Crippen LogP contribution in [0.15, 0.2) is 48.5 Å². The first-order valence-electron chi connectivity index (χ1n) is 34.0. The van der Waals surface area contributed by atoms with Crippen molar-refractivity contribution in [3.63, 3.8) is 0 Å². The van der Waals surface area contributed by atoms with E-state index < -0.39 is 291 Å². The number of carboxylic acids is 1. The van der Waals surface area contributed by atoms with E-state index in [1.54, 1.807) is 0 Å². The van der Waals surface area contributed by atoms with Gasteiger partial charge in [0, 0.05) is 29.6 Å². The molecule has 10 rings (SSSR count). The van der Waals surface area contributed by atoms with Crippen LogP contribution in [0.4, 0.5) is 4.79 Å². The number of alkyl carbamates (subject to hydrolysis) is 1. The molecule has 2 amide bonds. The van der Waals surface area contributed by atoms with Gasteiger partial charge in [-0.2, -0.15) is 0 Å². The maximum absolute atomic E-state index is 13.5. The normalized spacial score (nSPS) is 43.9. The standard InChI is InChI=1S/C65H96N2O36/c1-22-42(77)52(36(18-72)92-57(22)67-39(74)13-31(58(87)88)66-65(89)91-20-30-28-11-7-5-9-26(28)27-10-6-8-12-29(27)30)99-61-25(4)43(78)53(37(19-73)97-61)100-62-51(86)54(101-64-56(50(85)47(82)35(17-71)96-64)103-60-24(3)41(76)45(80)33(15-69)94-60)48(83)38(98-62)21-90-63-55(49(84)46(81)34(16-70)95-63)102-59-23(2)40(75)44(79)32(14-68)93-59/h5-12,22-25,30-38,40-57,59-64,68-73,75-86H,13-21H2,1-4H3,(H,66,89)(H,67,74)(H,87,88)/t22-,23?,24-,25-,31?,32-,33?,34?,35+,36?,37?,38?,40?,41?,42?,43?,44+,45+,46+,47+,48+,49?,50?,51?,52+,53+,54?,55?,56?,57+,59-,60-,61-,62-,63-,64+/m0/s1. The van der Waals surface area contributed by atoms with Crippen molar-refractivity contribution in [3.05, 3.63) is 59.7 Å². The molecule has 103 heavy (non-hydrogen) atoms. The van der Waals surface area contributed by atoms with Crippen molar-refractivity contribution < 1.29 is 178 Å². The highest BCUT2D eigenvalue weighted by Gasteiger charge is 2.58. The quantitative estimate of drug-likeness (QED) is 0.0416. The van der Waals surface area contributed by atoms with Crippen LogP contribution in [0.5, 0.6) is 0 Å². The second kappa shape index (κ2) is 35.2. The lowest BCUT2D eigenvalue weighted by Crippen LogP contribution is -2.68. The highest BCUT2D eigenvalue weighted by molar-refractivity contribution is 5.87. The summed E-state index contributed by atoms with van der Waals surface area (Å²) in [6, 6.07) is 13.3. The first-order valence-corrected chi connectivity index (χ1v) is 34.0. The van der Waals surface area contributed by atoms with Crippen molar-refractivity contribution in [1.29, 1.82) is 0 Å². The number of fused-ring (bicyclic) bond motifs is 3. The van der Waals surface area contributed by atoms with Crippen molar-refractivity contribution in [2.45, 2.75) is 237 Å². The van der Waals surface area contributed by atoms with E-state index in [4.69, 9.17) is 66.3 Å². The third-order valence-electron chi connectivity index (χ3n) is 20.6. The molecule has 7 fully saturated rings. The second-order valence-electron chi connectivity index (χ2n) is 27.2. The molecule has 0 spiro atoms. The van der Waals surface area contributed by atoms with E-state index in [9.17, 15) is 111 Å². The average molecular weight is 1480 g/mol. The Bertz CT molecular complexity index is 3020. The summed E-state index contributed by atoms with van der Waals surface area (Å²) in [4.78, 5) is 39.0. The highest BCUT2D eigenvalue weighted by atomic mass is 16.8. The molecule has 582 valence electrons. The van der Waals surface area contributed by atoms with Gasteiger partial charge in [-0.1, -0.05) is 76.2 Å². The van der Waals surface area contributed by atoms with Gasteiger partial charge >= 0.3 is 12.1 Å². The number of ether oxygens (including phenoxy) is 14. The molecule has 38 nitrogen and oxygen atoms in total. The Hall–Kier alpha value is -4.59. The van der Waals surface area contributed by atoms with Crippen molar-refractivity contribution in [3.8, 4) is 11.1 Å². The van der Waals surface area contributed by atoms with Crippen LogP contribution in [0.25, 0.3) is 11.1 Å². The SMILES string of the molecule is CC1C(O)[C@H](O)[C@H](CO)O[C@H]1OC1C(O)[C@H](O)C(CO)O[C@@H]1OCC1O[C@@H](O[C@@H]2C(CO)O[C@@H](O[C@@H]3C(CO)O[C@@H](NC(=O)CC(NC(=O)OCC4c5ccccc5-c5ccccc54)C(=O)O)[C@@H](C)C3O)[C@@H](C)C2O)C(O)C(O[C@H]2O[C@H](CO)[C@@H](O)C(O)C2O[C@@H]2OC(CO)[C@@H](O)C(O)[C@@H]2C)[C@@H]1O. The number of benzene rings is 2. The van der Waals surface area contributed by atoms with Gasteiger partial charge in [0.2, 0.25) is 5.91 Å². The molecule has 7 aliphatic heterocycles. The fourth-order valence-corrected chi connectivity index (χ4v) is 14.2. The molecular weight excluding hydrogens is 1380 g/mol. The number of nitrogens with one attached hydrogen (secondary N) is 2. The molecular formula is C65H96N2O36. The smallest absolute Gasteiger partial charge is 0.407 e. The van der Waals surface area contributed by atoms with Crippen molar-refractivity contribution in [1.82, 2.24) is 10.6 Å². The molecule has 2 aromatic carbocycles. The lowest BCUT2D eigenvalue weighted by Gasteiger charge is -2.50. The topological polar surface area (TPSA) is 589 Å². The van der Waals surface area contributed by atoms with Crippen LogP contribution >= 0.6 is 0 Å². The fourth-order valence-electron chi connectivity index (χ4n) is 14.2. The number of aliphatic carboxylic acids is 1. The molecule has 38 heteroatoms. The Balaban J connectivity index is 0.837. The lowest BCUT2D eigenvalue weighted by atomic mass is 9.89. The van der Waals surface area contributed by atoms with Gasteiger partial charge in [0.25, 0.3) is 0 Å². The molecule has 0 bridgehead atoms. The van der Waals surface area contributed by atoms with Gasteiger partial charge in [-0.3, -0.25) is 4.79 Å². The molecule has 7 heterocycles. The predicted octanol–water partition coefficient (Wildman–Crippen LogP) is -8.67. The van der Waals surface area contributed by atoms with Gasteiger partial charge in [0.1, 0.15) is 141 Å². The molecule has 36 atom stereocenters. The molecule has 21 N–H and O–H groups in total. The monoisotopic (exact) mass is 1480 g/mol. The van der Waals surface area contributed by atoms with Crippen LogP contribution in [0.1, 0.15) is 51.2 Å². The number of carboxylic acid groups (broad SMARTS) is 1. The zero-order valence-electron chi connectivity index (χ0n) is 56.3. The van der Waals surface area contributed by atoms with E-state index in [0.29, 0.717) is 0 Å². The first kappa shape index (κ1) is 80.9. The summed E-state index contributed by atoms with van der Waals surface area (Å²) in [7, 11) is 0. The molecule has 2 aromatic rings. The number of hydrogen-bond acceptors (Lipinski definition) is 35.